The minimum Gasteiger partial charge on any atom is -0.423 e. The van der Waals surface area contributed by atoms with Crippen molar-refractivity contribution >= 4 is 37.5 Å². The van der Waals surface area contributed by atoms with E-state index in [1.807, 2.05) is 24.3 Å². The number of hydrogen-bond acceptors (Lipinski definition) is 3. The lowest BCUT2D eigenvalue weighted by Crippen LogP contribution is -2.07. The highest BCUT2D eigenvalue weighted by Gasteiger charge is 2.11. The first-order chi connectivity index (χ1) is 12.1. The van der Waals surface area contributed by atoms with Crippen LogP contribution in [-0.4, -0.2) is 5.97 Å². The molecule has 0 unspecified atom stereocenters. The van der Waals surface area contributed by atoms with Gasteiger partial charge in [-0.25, -0.2) is 4.79 Å². The van der Waals surface area contributed by atoms with Gasteiger partial charge < -0.3 is 4.74 Å². The first kappa shape index (κ1) is 15.6. The summed E-state index contributed by atoms with van der Waals surface area (Å²) in [4.78, 5) is 11.6. The third-order valence-corrected chi connectivity index (χ3v) is 5.26. The maximum Gasteiger partial charge on any atom is 0.338 e. The molecule has 3 heteroatoms. The van der Waals surface area contributed by atoms with Crippen LogP contribution in [0.25, 0.3) is 31.3 Å². The molecule has 2 nitrogen and oxygen atoms in total. The van der Waals surface area contributed by atoms with Gasteiger partial charge in [0.2, 0.25) is 0 Å². The number of carbonyl (C=O) groups excluding carboxylic acids is 1. The Morgan fingerprint density at radius 2 is 1.64 bits per heavy atom. The molecular formula is C22H16O2S. The van der Waals surface area contributed by atoms with Crippen molar-refractivity contribution in [1.29, 1.82) is 0 Å². The van der Waals surface area contributed by atoms with Gasteiger partial charge in [-0.2, -0.15) is 0 Å². The van der Waals surface area contributed by atoms with E-state index in [0.717, 1.165) is 5.56 Å². The minimum atomic E-state index is -0.404. The van der Waals surface area contributed by atoms with Crippen molar-refractivity contribution in [3.63, 3.8) is 0 Å². The van der Waals surface area contributed by atoms with Crippen LogP contribution in [0.1, 0.15) is 6.92 Å². The van der Waals surface area contributed by atoms with Crippen molar-refractivity contribution in [2.45, 2.75) is 6.92 Å². The topological polar surface area (TPSA) is 26.3 Å². The monoisotopic (exact) mass is 344 g/mol. The molecule has 0 aliphatic heterocycles. The number of ether oxygens (including phenoxy) is 1. The standard InChI is InChI=1S/C22H16O2S/c1-14(2)22(23)24-16-12-10-15(11-13-16)17-7-5-9-20-21(17)18-6-3-4-8-19(18)25-20/h3-13H,1H2,2H3. The minimum absolute atomic E-state index is 0.388. The SMILES string of the molecule is C=C(C)C(=O)Oc1ccc(-c2cccc3sc4ccccc4c23)cc1. The number of benzene rings is 3. The van der Waals surface area contributed by atoms with Gasteiger partial charge in [0.05, 0.1) is 0 Å². The second kappa shape index (κ2) is 6.19. The van der Waals surface area contributed by atoms with Crippen molar-refractivity contribution in [2.75, 3.05) is 0 Å². The maximum absolute atomic E-state index is 11.6. The molecule has 0 N–H and O–H groups in total. The highest BCUT2D eigenvalue weighted by atomic mass is 32.1. The number of rotatable bonds is 3. The molecule has 1 heterocycles. The zero-order valence-electron chi connectivity index (χ0n) is 13.8. The summed E-state index contributed by atoms with van der Waals surface area (Å²) < 4.78 is 7.84. The van der Waals surface area contributed by atoms with Crippen molar-refractivity contribution in [1.82, 2.24) is 0 Å². The van der Waals surface area contributed by atoms with Crippen LogP contribution in [0, 0.1) is 0 Å². The molecule has 0 spiro atoms. The van der Waals surface area contributed by atoms with Crippen LogP contribution >= 0.6 is 11.3 Å². The molecule has 0 bridgehead atoms. The molecule has 0 saturated heterocycles. The first-order valence-corrected chi connectivity index (χ1v) is 8.83. The van der Waals surface area contributed by atoms with Crippen molar-refractivity contribution in [3.05, 3.63) is 78.9 Å². The molecule has 122 valence electrons. The van der Waals surface area contributed by atoms with E-state index in [9.17, 15) is 4.79 Å². The Morgan fingerprint density at radius 1 is 0.920 bits per heavy atom. The number of carbonyl (C=O) groups is 1. The van der Waals surface area contributed by atoms with Gasteiger partial charge in [0.1, 0.15) is 5.75 Å². The van der Waals surface area contributed by atoms with Gasteiger partial charge in [0.25, 0.3) is 0 Å². The van der Waals surface area contributed by atoms with Crippen molar-refractivity contribution in [2.24, 2.45) is 0 Å². The Morgan fingerprint density at radius 3 is 2.40 bits per heavy atom. The van der Waals surface area contributed by atoms with E-state index in [1.165, 1.54) is 25.7 Å². The summed E-state index contributed by atoms with van der Waals surface area (Å²) in [7, 11) is 0. The molecule has 3 aromatic carbocycles. The Kier molecular flexibility index (Phi) is 3.86. The molecule has 0 aliphatic carbocycles. The molecule has 1 aromatic heterocycles. The van der Waals surface area contributed by atoms with Crippen LogP contribution in [0.3, 0.4) is 0 Å². The van der Waals surface area contributed by atoms with E-state index in [4.69, 9.17) is 4.74 Å². The van der Waals surface area contributed by atoms with Crippen LogP contribution in [-0.2, 0) is 4.79 Å². The summed E-state index contributed by atoms with van der Waals surface area (Å²) in [5, 5.41) is 2.55. The smallest absolute Gasteiger partial charge is 0.338 e. The zero-order valence-corrected chi connectivity index (χ0v) is 14.6. The van der Waals surface area contributed by atoms with Gasteiger partial charge in [-0.15, -0.1) is 11.3 Å². The second-order valence-electron chi connectivity index (χ2n) is 5.97. The second-order valence-corrected chi connectivity index (χ2v) is 7.05. The maximum atomic E-state index is 11.6. The molecule has 0 saturated carbocycles. The lowest BCUT2D eigenvalue weighted by atomic mass is 9.99. The molecule has 4 rings (SSSR count). The Bertz CT molecular complexity index is 1100. The lowest BCUT2D eigenvalue weighted by molar-refractivity contribution is -0.130. The number of thiophene rings is 1. The van der Waals surface area contributed by atoms with E-state index in [1.54, 1.807) is 18.3 Å². The fourth-order valence-electron chi connectivity index (χ4n) is 2.91. The van der Waals surface area contributed by atoms with Crippen LogP contribution in [0.2, 0.25) is 0 Å². The number of hydrogen-bond donors (Lipinski definition) is 0. The van der Waals surface area contributed by atoms with Gasteiger partial charge in [-0.1, -0.05) is 49.0 Å². The highest BCUT2D eigenvalue weighted by molar-refractivity contribution is 7.25. The third-order valence-electron chi connectivity index (χ3n) is 4.13. The normalized spacial score (nSPS) is 10.9. The van der Waals surface area contributed by atoms with Crippen LogP contribution < -0.4 is 4.74 Å². The molecule has 0 atom stereocenters. The Labute approximate surface area is 150 Å². The van der Waals surface area contributed by atoms with E-state index >= 15 is 0 Å². The number of fused-ring (bicyclic) bond motifs is 3. The third kappa shape index (κ3) is 2.83. The van der Waals surface area contributed by atoms with Crippen molar-refractivity contribution < 1.29 is 9.53 Å². The lowest BCUT2D eigenvalue weighted by Gasteiger charge is -2.07. The van der Waals surface area contributed by atoms with Gasteiger partial charge >= 0.3 is 5.97 Å². The van der Waals surface area contributed by atoms with Crippen LogP contribution in [0.4, 0.5) is 0 Å². The Hall–Kier alpha value is -2.91. The average Bonchev–Trinajstić information content (AvgIpc) is 3.01. The van der Waals surface area contributed by atoms with Crippen LogP contribution in [0.15, 0.2) is 78.9 Å². The summed E-state index contributed by atoms with van der Waals surface area (Å²) in [6.07, 6.45) is 0. The quantitative estimate of drug-likeness (QED) is 0.251. The predicted molar refractivity (Wildman–Crippen MR) is 105 cm³/mol. The molecular weight excluding hydrogens is 328 g/mol. The van der Waals surface area contributed by atoms with Gasteiger partial charge in [-0.05, 0) is 42.3 Å². The van der Waals surface area contributed by atoms with Gasteiger partial charge in [-0.3, -0.25) is 0 Å². The molecule has 0 amide bonds. The fraction of sp³-hybridized carbons (Fsp3) is 0.0455. The summed E-state index contributed by atoms with van der Waals surface area (Å²) in [6.45, 7) is 5.24. The summed E-state index contributed by atoms with van der Waals surface area (Å²) in [6, 6.07) is 22.5. The van der Waals surface area contributed by atoms with Gasteiger partial charge in [0, 0.05) is 25.7 Å². The van der Waals surface area contributed by atoms with Crippen molar-refractivity contribution in [3.8, 4) is 16.9 Å². The average molecular weight is 344 g/mol. The predicted octanol–water partition coefficient (Wildman–Crippen LogP) is 6.20. The van der Waals surface area contributed by atoms with E-state index in [2.05, 4.69) is 49.0 Å². The van der Waals surface area contributed by atoms with Crippen LogP contribution in [0.5, 0.6) is 5.75 Å². The molecule has 0 aliphatic rings. The van der Waals surface area contributed by atoms with E-state index in [-0.39, 0.29) is 0 Å². The fourth-order valence-corrected chi connectivity index (χ4v) is 4.04. The Balaban J connectivity index is 1.79. The van der Waals surface area contributed by atoms with E-state index in [0.29, 0.717) is 11.3 Å². The molecule has 0 fully saturated rings. The summed E-state index contributed by atoms with van der Waals surface area (Å²) >= 11 is 1.81. The number of esters is 1. The molecule has 25 heavy (non-hydrogen) atoms. The highest BCUT2D eigenvalue weighted by Crippen LogP contribution is 2.39. The first-order valence-electron chi connectivity index (χ1n) is 8.02. The summed E-state index contributed by atoms with van der Waals surface area (Å²) in [5.74, 6) is 0.123. The van der Waals surface area contributed by atoms with Gasteiger partial charge in [0.15, 0.2) is 0 Å². The molecule has 4 aromatic rings. The zero-order chi connectivity index (χ0) is 17.4. The summed E-state index contributed by atoms with van der Waals surface area (Å²) in [5.41, 5.74) is 2.68. The van der Waals surface area contributed by atoms with E-state index < -0.39 is 5.97 Å². The molecule has 0 radical (unpaired) electrons. The largest absolute Gasteiger partial charge is 0.423 e.